The van der Waals surface area contributed by atoms with Crippen LogP contribution < -0.4 is 5.32 Å². The minimum Gasteiger partial charge on any atom is -0.384 e. The standard InChI is InChI=1S/C16H15N3O2/c20-11-1-2-14-3-4-15(19-12-14)16(21)18-10-7-13-5-8-17-9-6-13/h3-6,8-9,12,20H,7,10-11H2,(H,18,21). The van der Waals surface area contributed by atoms with E-state index >= 15 is 0 Å². The lowest BCUT2D eigenvalue weighted by molar-refractivity contribution is 0.0949. The van der Waals surface area contributed by atoms with E-state index in [1.807, 2.05) is 12.1 Å². The summed E-state index contributed by atoms with van der Waals surface area (Å²) < 4.78 is 0. The number of nitrogens with one attached hydrogen (secondary N) is 1. The molecule has 2 rings (SSSR count). The number of nitrogens with zero attached hydrogens (tertiary/aromatic N) is 2. The van der Waals surface area contributed by atoms with Gasteiger partial charge in [-0.25, -0.2) is 4.98 Å². The molecule has 0 aromatic carbocycles. The lowest BCUT2D eigenvalue weighted by atomic mass is 10.2. The van der Waals surface area contributed by atoms with Crippen molar-refractivity contribution in [3.05, 3.63) is 59.7 Å². The Morgan fingerprint density at radius 1 is 1.24 bits per heavy atom. The van der Waals surface area contributed by atoms with Crippen molar-refractivity contribution in [1.29, 1.82) is 0 Å². The summed E-state index contributed by atoms with van der Waals surface area (Å²) in [5.41, 5.74) is 2.13. The monoisotopic (exact) mass is 281 g/mol. The number of aliphatic hydroxyl groups excluding tert-OH is 1. The Kier molecular flexibility index (Phi) is 5.44. The molecular formula is C16H15N3O2. The summed E-state index contributed by atoms with van der Waals surface area (Å²) in [4.78, 5) is 19.9. The summed E-state index contributed by atoms with van der Waals surface area (Å²) in [5.74, 6) is 5.03. The van der Waals surface area contributed by atoms with Crippen molar-refractivity contribution in [1.82, 2.24) is 15.3 Å². The third kappa shape index (κ3) is 4.71. The van der Waals surface area contributed by atoms with Crippen LogP contribution in [-0.2, 0) is 6.42 Å². The van der Waals surface area contributed by atoms with Crippen LogP contribution in [0.15, 0.2) is 42.9 Å². The fourth-order valence-electron chi connectivity index (χ4n) is 1.70. The van der Waals surface area contributed by atoms with Gasteiger partial charge in [0.2, 0.25) is 0 Å². The first-order valence-electron chi connectivity index (χ1n) is 6.52. The van der Waals surface area contributed by atoms with E-state index in [1.54, 1.807) is 24.5 Å². The van der Waals surface area contributed by atoms with E-state index in [-0.39, 0.29) is 12.5 Å². The molecule has 1 amide bonds. The second-order valence-corrected chi connectivity index (χ2v) is 4.25. The van der Waals surface area contributed by atoms with Crippen molar-refractivity contribution in [3.63, 3.8) is 0 Å². The van der Waals surface area contributed by atoms with E-state index in [0.717, 1.165) is 12.0 Å². The Hall–Kier alpha value is -2.71. The van der Waals surface area contributed by atoms with Crippen LogP contribution in [0.25, 0.3) is 0 Å². The number of hydrogen-bond donors (Lipinski definition) is 2. The Labute approximate surface area is 123 Å². The maximum absolute atomic E-state index is 11.9. The number of carbonyl (C=O) groups excluding carboxylic acids is 1. The molecule has 0 saturated heterocycles. The van der Waals surface area contributed by atoms with Gasteiger partial charge in [0.1, 0.15) is 12.3 Å². The fourth-order valence-corrected chi connectivity index (χ4v) is 1.70. The van der Waals surface area contributed by atoms with Crippen LogP contribution in [0.2, 0.25) is 0 Å². The largest absolute Gasteiger partial charge is 0.384 e. The van der Waals surface area contributed by atoms with Crippen molar-refractivity contribution in [2.75, 3.05) is 13.2 Å². The second-order valence-electron chi connectivity index (χ2n) is 4.25. The molecule has 0 saturated carbocycles. The zero-order valence-electron chi connectivity index (χ0n) is 11.4. The van der Waals surface area contributed by atoms with E-state index < -0.39 is 0 Å². The van der Waals surface area contributed by atoms with Gasteiger partial charge in [0.25, 0.3) is 5.91 Å². The van der Waals surface area contributed by atoms with Crippen LogP contribution >= 0.6 is 0 Å². The number of carbonyl (C=O) groups is 1. The van der Waals surface area contributed by atoms with Gasteiger partial charge < -0.3 is 10.4 Å². The van der Waals surface area contributed by atoms with Crippen molar-refractivity contribution in [2.45, 2.75) is 6.42 Å². The third-order valence-electron chi connectivity index (χ3n) is 2.76. The van der Waals surface area contributed by atoms with Gasteiger partial charge in [0.15, 0.2) is 0 Å². The second kappa shape index (κ2) is 7.78. The summed E-state index contributed by atoms with van der Waals surface area (Å²) in [6.45, 7) is 0.341. The molecule has 2 N–H and O–H groups in total. The molecule has 0 fully saturated rings. The summed E-state index contributed by atoms with van der Waals surface area (Å²) in [6.07, 6.45) is 5.71. The highest BCUT2D eigenvalue weighted by Crippen LogP contribution is 2.00. The van der Waals surface area contributed by atoms with Crippen molar-refractivity contribution in [3.8, 4) is 11.8 Å². The first-order chi connectivity index (χ1) is 10.3. The molecule has 5 nitrogen and oxygen atoms in total. The maximum Gasteiger partial charge on any atom is 0.269 e. The number of rotatable bonds is 4. The molecule has 2 aromatic heterocycles. The van der Waals surface area contributed by atoms with Gasteiger partial charge in [-0.2, -0.15) is 0 Å². The highest BCUT2D eigenvalue weighted by Gasteiger charge is 2.05. The molecule has 21 heavy (non-hydrogen) atoms. The van der Waals surface area contributed by atoms with Gasteiger partial charge in [-0.1, -0.05) is 11.8 Å². The zero-order valence-corrected chi connectivity index (χ0v) is 11.4. The summed E-state index contributed by atoms with van der Waals surface area (Å²) in [6, 6.07) is 7.15. The smallest absolute Gasteiger partial charge is 0.269 e. The first-order valence-corrected chi connectivity index (χ1v) is 6.52. The van der Waals surface area contributed by atoms with Crippen LogP contribution in [0.4, 0.5) is 0 Å². The lowest BCUT2D eigenvalue weighted by Crippen LogP contribution is -2.26. The van der Waals surface area contributed by atoms with Crippen molar-refractivity contribution in [2.24, 2.45) is 0 Å². The predicted molar refractivity (Wildman–Crippen MR) is 78.5 cm³/mol. The maximum atomic E-state index is 11.9. The molecular weight excluding hydrogens is 266 g/mol. The van der Waals surface area contributed by atoms with E-state index in [9.17, 15) is 4.79 Å². The summed E-state index contributed by atoms with van der Waals surface area (Å²) in [7, 11) is 0. The van der Waals surface area contributed by atoms with Crippen LogP contribution in [0, 0.1) is 11.8 Å². The van der Waals surface area contributed by atoms with Gasteiger partial charge in [-0.15, -0.1) is 0 Å². The van der Waals surface area contributed by atoms with Crippen molar-refractivity contribution >= 4 is 5.91 Å². The molecule has 106 valence electrons. The minimum atomic E-state index is -0.217. The van der Waals surface area contributed by atoms with Gasteiger partial charge >= 0.3 is 0 Å². The quantitative estimate of drug-likeness (QED) is 0.813. The highest BCUT2D eigenvalue weighted by molar-refractivity contribution is 5.92. The van der Waals surface area contributed by atoms with E-state index in [1.165, 1.54) is 6.20 Å². The normalized spacial score (nSPS) is 9.57. The summed E-state index contributed by atoms with van der Waals surface area (Å²) in [5, 5.41) is 11.4. The molecule has 0 spiro atoms. The summed E-state index contributed by atoms with van der Waals surface area (Å²) >= 11 is 0. The van der Waals surface area contributed by atoms with Gasteiger partial charge in [0.05, 0.1) is 0 Å². The molecule has 0 bridgehead atoms. The Bertz CT molecular complexity index is 643. The van der Waals surface area contributed by atoms with E-state index in [2.05, 4.69) is 27.1 Å². The zero-order chi connectivity index (χ0) is 14.9. The Morgan fingerprint density at radius 3 is 2.71 bits per heavy atom. The molecule has 2 aromatic rings. The average molecular weight is 281 g/mol. The predicted octanol–water partition coefficient (Wildman–Crippen LogP) is 0.793. The van der Waals surface area contributed by atoms with Gasteiger partial charge in [-0.05, 0) is 36.2 Å². The molecule has 0 unspecified atom stereocenters. The number of aromatic nitrogens is 2. The topological polar surface area (TPSA) is 75.1 Å². The van der Waals surface area contributed by atoms with Crippen LogP contribution in [0.1, 0.15) is 21.6 Å². The Morgan fingerprint density at radius 2 is 2.05 bits per heavy atom. The number of aliphatic hydroxyl groups is 1. The van der Waals surface area contributed by atoms with Crippen molar-refractivity contribution < 1.29 is 9.90 Å². The molecule has 0 aliphatic rings. The van der Waals surface area contributed by atoms with Gasteiger partial charge in [0, 0.05) is 30.7 Å². The molecule has 0 aliphatic carbocycles. The van der Waals surface area contributed by atoms with Gasteiger partial charge in [-0.3, -0.25) is 9.78 Å². The molecule has 5 heteroatoms. The van der Waals surface area contributed by atoms with Crippen LogP contribution in [0.3, 0.4) is 0 Å². The fraction of sp³-hybridized carbons (Fsp3) is 0.188. The third-order valence-corrected chi connectivity index (χ3v) is 2.76. The highest BCUT2D eigenvalue weighted by atomic mass is 16.2. The molecule has 0 aliphatic heterocycles. The molecule has 0 atom stereocenters. The lowest BCUT2D eigenvalue weighted by Gasteiger charge is -2.04. The molecule has 0 radical (unpaired) electrons. The van der Waals surface area contributed by atoms with Crippen LogP contribution in [-0.4, -0.2) is 34.1 Å². The minimum absolute atomic E-state index is 0.197. The average Bonchev–Trinajstić information content (AvgIpc) is 2.54. The SMILES string of the molecule is O=C(NCCc1ccncc1)c1ccc(C#CCO)cn1. The van der Waals surface area contributed by atoms with Crippen LogP contribution in [0.5, 0.6) is 0 Å². The van der Waals surface area contributed by atoms with E-state index in [4.69, 9.17) is 5.11 Å². The number of amides is 1. The number of hydrogen-bond acceptors (Lipinski definition) is 4. The van der Waals surface area contributed by atoms with E-state index in [0.29, 0.717) is 17.8 Å². The molecule has 2 heterocycles. The first kappa shape index (κ1) is 14.7. The number of pyridine rings is 2. The Balaban J connectivity index is 1.85.